The second-order valence-electron chi connectivity index (χ2n) is 5.29. The molecular weight excluding hydrogens is 296 g/mol. The molecule has 22 heavy (non-hydrogen) atoms. The maximum Gasteiger partial charge on any atom is 0.212 e. The van der Waals surface area contributed by atoms with Crippen molar-refractivity contribution < 1.29 is 4.79 Å². The van der Waals surface area contributed by atoms with Gasteiger partial charge in [-0.15, -0.1) is 5.10 Å². The molecule has 4 rings (SSSR count). The number of rotatable bonds is 3. The van der Waals surface area contributed by atoms with Gasteiger partial charge in [0.25, 0.3) is 0 Å². The van der Waals surface area contributed by atoms with Crippen molar-refractivity contribution in [2.45, 2.75) is 25.7 Å². The largest absolute Gasteiger partial charge is 0.296 e. The minimum absolute atomic E-state index is 0.347. The Balaban J connectivity index is 1.87. The molecule has 0 bridgehead atoms. The van der Waals surface area contributed by atoms with E-state index in [1.807, 2.05) is 30.3 Å². The van der Waals surface area contributed by atoms with Gasteiger partial charge in [0.05, 0.1) is 5.69 Å². The van der Waals surface area contributed by atoms with E-state index in [9.17, 15) is 4.79 Å². The number of aryl methyl sites for hydroxylation is 2. The number of hydrogen-bond donors (Lipinski definition) is 0. The summed E-state index contributed by atoms with van der Waals surface area (Å²) in [6.07, 6.45) is 5.28. The molecule has 0 aliphatic heterocycles. The molecular formula is C16H14N4OS. The van der Waals surface area contributed by atoms with Crippen LogP contribution in [0.5, 0.6) is 0 Å². The molecule has 1 aromatic carbocycles. The van der Waals surface area contributed by atoms with Crippen molar-refractivity contribution in [1.29, 1.82) is 0 Å². The predicted molar refractivity (Wildman–Crippen MR) is 84.5 cm³/mol. The summed E-state index contributed by atoms with van der Waals surface area (Å²) in [4.78, 5) is 17.4. The van der Waals surface area contributed by atoms with Crippen molar-refractivity contribution in [2.24, 2.45) is 0 Å². The van der Waals surface area contributed by atoms with Crippen LogP contribution in [-0.4, -0.2) is 26.3 Å². The second kappa shape index (κ2) is 5.46. The van der Waals surface area contributed by atoms with Gasteiger partial charge in [-0.2, -0.15) is 4.68 Å². The van der Waals surface area contributed by atoms with Gasteiger partial charge in [-0.1, -0.05) is 46.9 Å². The summed E-state index contributed by atoms with van der Waals surface area (Å²) in [5, 5.41) is 8.96. The Hall–Kier alpha value is -2.34. The molecule has 0 atom stereocenters. The Morgan fingerprint density at radius 3 is 2.73 bits per heavy atom. The number of carbonyl (C=O) groups is 1. The summed E-state index contributed by atoms with van der Waals surface area (Å²) in [6, 6.07) is 9.73. The number of benzene rings is 1. The van der Waals surface area contributed by atoms with Gasteiger partial charge < -0.3 is 0 Å². The first-order chi connectivity index (χ1) is 10.9. The van der Waals surface area contributed by atoms with E-state index in [0.29, 0.717) is 11.4 Å². The lowest BCUT2D eigenvalue weighted by Gasteiger charge is -2.06. The number of aldehydes is 1. The highest BCUT2D eigenvalue weighted by Crippen LogP contribution is 2.31. The fourth-order valence-electron chi connectivity index (χ4n) is 2.80. The topological polar surface area (TPSA) is 60.7 Å². The first kappa shape index (κ1) is 13.3. The Morgan fingerprint density at radius 2 is 1.95 bits per heavy atom. The Bertz CT molecular complexity index is 799. The third-order valence-corrected chi connectivity index (χ3v) is 5.00. The number of carbonyl (C=O) groups excluding carboxylic acids is 1. The quantitative estimate of drug-likeness (QED) is 0.698. The standard InChI is InChI=1S/C16H14N4OS/c21-10-13-15(11-6-2-1-3-7-11)20(19-18-13)16-17-12-8-4-5-9-14(12)22-16/h1-3,6-7,10H,4-5,8-9H2. The Morgan fingerprint density at radius 1 is 1.14 bits per heavy atom. The molecule has 1 aliphatic carbocycles. The summed E-state index contributed by atoms with van der Waals surface area (Å²) >= 11 is 1.65. The average Bonchev–Trinajstić information content (AvgIpc) is 3.18. The van der Waals surface area contributed by atoms with Crippen molar-refractivity contribution in [3.63, 3.8) is 0 Å². The molecule has 2 heterocycles. The van der Waals surface area contributed by atoms with Crippen LogP contribution in [0.4, 0.5) is 0 Å². The van der Waals surface area contributed by atoms with E-state index >= 15 is 0 Å². The van der Waals surface area contributed by atoms with Gasteiger partial charge in [0.2, 0.25) is 5.13 Å². The van der Waals surface area contributed by atoms with Gasteiger partial charge in [0, 0.05) is 10.4 Å². The van der Waals surface area contributed by atoms with E-state index in [0.717, 1.165) is 29.8 Å². The monoisotopic (exact) mass is 310 g/mol. The SMILES string of the molecule is O=Cc1nnn(-c2nc3c(s2)CCCC3)c1-c1ccccc1. The van der Waals surface area contributed by atoms with E-state index in [1.54, 1.807) is 16.0 Å². The van der Waals surface area contributed by atoms with Crippen LogP contribution in [-0.2, 0) is 12.8 Å². The lowest BCUT2D eigenvalue weighted by Crippen LogP contribution is -2.01. The normalized spacial score (nSPS) is 13.8. The molecule has 110 valence electrons. The summed E-state index contributed by atoms with van der Waals surface area (Å²) in [7, 11) is 0. The van der Waals surface area contributed by atoms with Crippen LogP contribution in [0.2, 0.25) is 0 Å². The van der Waals surface area contributed by atoms with E-state index in [4.69, 9.17) is 4.98 Å². The molecule has 0 fully saturated rings. The first-order valence-corrected chi connectivity index (χ1v) is 8.13. The highest BCUT2D eigenvalue weighted by atomic mass is 32.1. The molecule has 1 aliphatic rings. The third-order valence-electron chi connectivity index (χ3n) is 3.87. The zero-order valence-electron chi connectivity index (χ0n) is 11.9. The molecule has 0 N–H and O–H groups in total. The van der Waals surface area contributed by atoms with Crippen LogP contribution in [0.1, 0.15) is 33.9 Å². The highest BCUT2D eigenvalue weighted by Gasteiger charge is 2.21. The van der Waals surface area contributed by atoms with Gasteiger partial charge in [0.1, 0.15) is 5.69 Å². The van der Waals surface area contributed by atoms with Crippen LogP contribution >= 0.6 is 11.3 Å². The van der Waals surface area contributed by atoms with Crippen LogP contribution < -0.4 is 0 Å². The zero-order valence-corrected chi connectivity index (χ0v) is 12.7. The van der Waals surface area contributed by atoms with Crippen LogP contribution in [0.3, 0.4) is 0 Å². The van der Waals surface area contributed by atoms with Crippen molar-refractivity contribution in [3.05, 3.63) is 46.6 Å². The van der Waals surface area contributed by atoms with Gasteiger partial charge in [-0.05, 0) is 25.7 Å². The predicted octanol–water partition coefficient (Wildman–Crippen LogP) is 3.08. The lowest BCUT2D eigenvalue weighted by molar-refractivity contribution is 0.111. The smallest absolute Gasteiger partial charge is 0.212 e. The molecule has 0 saturated carbocycles. The summed E-state index contributed by atoms with van der Waals surface area (Å²) in [6.45, 7) is 0. The molecule has 5 nitrogen and oxygen atoms in total. The van der Waals surface area contributed by atoms with Gasteiger partial charge in [-0.25, -0.2) is 4.98 Å². The zero-order chi connectivity index (χ0) is 14.9. The Labute approximate surface area is 131 Å². The number of nitrogens with zero attached hydrogens (tertiary/aromatic N) is 4. The Kier molecular flexibility index (Phi) is 3.31. The van der Waals surface area contributed by atoms with Crippen LogP contribution in [0, 0.1) is 0 Å². The fourth-order valence-corrected chi connectivity index (χ4v) is 3.90. The van der Waals surface area contributed by atoms with E-state index < -0.39 is 0 Å². The van der Waals surface area contributed by atoms with Crippen molar-refractivity contribution >= 4 is 17.6 Å². The van der Waals surface area contributed by atoms with E-state index in [-0.39, 0.29) is 0 Å². The maximum atomic E-state index is 11.3. The molecule has 0 saturated heterocycles. The maximum absolute atomic E-state index is 11.3. The van der Waals surface area contributed by atoms with Gasteiger partial charge >= 0.3 is 0 Å². The average molecular weight is 310 g/mol. The lowest BCUT2D eigenvalue weighted by atomic mass is 10.0. The molecule has 0 spiro atoms. The number of hydrogen-bond acceptors (Lipinski definition) is 5. The number of thiazole rings is 1. The van der Waals surface area contributed by atoms with Gasteiger partial charge in [0.15, 0.2) is 12.0 Å². The minimum Gasteiger partial charge on any atom is -0.296 e. The van der Waals surface area contributed by atoms with Crippen molar-refractivity contribution in [1.82, 2.24) is 20.0 Å². The van der Waals surface area contributed by atoms with Crippen LogP contribution in [0.15, 0.2) is 30.3 Å². The molecule has 0 amide bonds. The number of fused-ring (bicyclic) bond motifs is 1. The number of aromatic nitrogens is 4. The fraction of sp³-hybridized carbons (Fsp3) is 0.250. The minimum atomic E-state index is 0.347. The molecule has 2 aromatic heterocycles. The summed E-state index contributed by atoms with van der Waals surface area (Å²) in [5.41, 5.74) is 3.15. The van der Waals surface area contributed by atoms with E-state index in [1.165, 1.54) is 23.4 Å². The van der Waals surface area contributed by atoms with Gasteiger partial charge in [-0.3, -0.25) is 4.79 Å². The molecule has 0 radical (unpaired) electrons. The van der Waals surface area contributed by atoms with Crippen molar-refractivity contribution in [3.8, 4) is 16.4 Å². The van der Waals surface area contributed by atoms with E-state index in [2.05, 4.69) is 10.3 Å². The summed E-state index contributed by atoms with van der Waals surface area (Å²) < 4.78 is 1.70. The third kappa shape index (κ3) is 2.16. The first-order valence-electron chi connectivity index (χ1n) is 7.32. The van der Waals surface area contributed by atoms with Crippen molar-refractivity contribution in [2.75, 3.05) is 0 Å². The van der Waals surface area contributed by atoms with Crippen LogP contribution in [0.25, 0.3) is 16.4 Å². The molecule has 0 unspecified atom stereocenters. The second-order valence-corrected chi connectivity index (χ2v) is 6.35. The molecule has 6 heteroatoms. The summed E-state index contributed by atoms with van der Waals surface area (Å²) in [5.74, 6) is 0. The molecule has 3 aromatic rings. The highest BCUT2D eigenvalue weighted by molar-refractivity contribution is 7.14.